The molecule has 6 nitrogen and oxygen atoms in total. The number of halogens is 3. The summed E-state index contributed by atoms with van der Waals surface area (Å²) >= 11 is 0.902. The maximum absolute atomic E-state index is 12.3. The summed E-state index contributed by atoms with van der Waals surface area (Å²) in [6, 6.07) is 5.22. The maximum atomic E-state index is 12.3. The highest BCUT2D eigenvalue weighted by atomic mass is 32.2. The zero-order valence-corrected chi connectivity index (χ0v) is 15.2. The lowest BCUT2D eigenvalue weighted by Crippen LogP contribution is -2.17. The summed E-state index contributed by atoms with van der Waals surface area (Å²) in [7, 11) is -4.04. The first-order valence-electron chi connectivity index (χ1n) is 7.18. The molecule has 0 radical (unpaired) electrons. The van der Waals surface area contributed by atoms with Crippen molar-refractivity contribution in [1.29, 1.82) is 0 Å². The third-order valence-corrected chi connectivity index (χ3v) is 5.62. The Labute approximate surface area is 151 Å². The van der Waals surface area contributed by atoms with Crippen LogP contribution in [0.3, 0.4) is 0 Å². The van der Waals surface area contributed by atoms with Crippen LogP contribution in [0.4, 0.5) is 18.2 Å². The number of benzene rings is 1. The van der Waals surface area contributed by atoms with E-state index in [1.165, 1.54) is 6.07 Å². The summed E-state index contributed by atoms with van der Waals surface area (Å²) in [6.07, 6.45) is -4.86. The maximum Gasteiger partial charge on any atom is 0.573 e. The number of hydrogen-bond acceptors (Lipinski definition) is 6. The van der Waals surface area contributed by atoms with Gasteiger partial charge in [0.2, 0.25) is 0 Å². The van der Waals surface area contributed by atoms with Gasteiger partial charge in [-0.3, -0.25) is 4.72 Å². The summed E-state index contributed by atoms with van der Waals surface area (Å²) in [5.74, 6) is -1.10. The topological polar surface area (TPSA) is 81.7 Å². The molecule has 142 valence electrons. The molecule has 1 aromatic heterocycles. The zero-order valence-electron chi connectivity index (χ0n) is 13.6. The number of sulfonamides is 1. The Morgan fingerprint density at radius 2 is 1.85 bits per heavy atom. The molecule has 1 N–H and O–H groups in total. The van der Waals surface area contributed by atoms with E-state index in [4.69, 9.17) is 4.74 Å². The average Bonchev–Trinajstić information content (AvgIpc) is 2.86. The second-order valence-electron chi connectivity index (χ2n) is 4.97. The Morgan fingerprint density at radius 1 is 1.23 bits per heavy atom. The van der Waals surface area contributed by atoms with E-state index in [9.17, 15) is 26.4 Å². The van der Waals surface area contributed by atoms with E-state index in [0.29, 0.717) is 5.56 Å². The number of anilines is 1. The van der Waals surface area contributed by atoms with E-state index < -0.39 is 28.1 Å². The lowest BCUT2D eigenvalue weighted by atomic mass is 10.3. The predicted octanol–water partition coefficient (Wildman–Crippen LogP) is 3.93. The van der Waals surface area contributed by atoms with Gasteiger partial charge in [-0.2, -0.15) is 0 Å². The van der Waals surface area contributed by atoms with E-state index in [0.717, 1.165) is 35.6 Å². The van der Waals surface area contributed by atoms with Crippen LogP contribution in [0.1, 0.15) is 22.2 Å². The van der Waals surface area contributed by atoms with Crippen molar-refractivity contribution >= 4 is 32.3 Å². The number of esters is 1. The fourth-order valence-electron chi connectivity index (χ4n) is 1.94. The van der Waals surface area contributed by atoms with Crippen molar-refractivity contribution in [3.05, 3.63) is 40.8 Å². The number of carbonyl (C=O) groups is 1. The number of carbonyl (C=O) groups excluding carboxylic acids is 1. The molecule has 0 aliphatic heterocycles. The van der Waals surface area contributed by atoms with Gasteiger partial charge in [0.25, 0.3) is 10.0 Å². The zero-order chi connectivity index (χ0) is 19.5. The second-order valence-corrected chi connectivity index (χ2v) is 7.70. The monoisotopic (exact) mass is 409 g/mol. The van der Waals surface area contributed by atoms with Crippen molar-refractivity contribution in [1.82, 2.24) is 0 Å². The summed E-state index contributed by atoms with van der Waals surface area (Å²) in [5.41, 5.74) is 0.542. The van der Waals surface area contributed by atoms with Gasteiger partial charge in [0.15, 0.2) is 0 Å². The Kier molecular flexibility index (Phi) is 5.81. The molecule has 0 aliphatic carbocycles. The third kappa shape index (κ3) is 5.11. The van der Waals surface area contributed by atoms with Crippen molar-refractivity contribution in [2.45, 2.75) is 25.1 Å². The van der Waals surface area contributed by atoms with Crippen LogP contribution in [-0.4, -0.2) is 27.4 Å². The van der Waals surface area contributed by atoms with Gasteiger partial charge in [0.1, 0.15) is 15.6 Å². The molecular formula is C15H14F3NO5S2. The van der Waals surface area contributed by atoms with Crippen molar-refractivity contribution in [3.63, 3.8) is 0 Å². The standard InChI is InChI=1S/C15H14F3NO5S2/c1-3-23-14(20)13-9(2)8-12(25-13)19-26(21,22)11-6-4-10(5-7-11)24-15(16,17)18/h4-8,19H,3H2,1-2H3. The molecule has 26 heavy (non-hydrogen) atoms. The first-order chi connectivity index (χ1) is 12.0. The predicted molar refractivity (Wildman–Crippen MR) is 88.9 cm³/mol. The van der Waals surface area contributed by atoms with Crippen LogP contribution in [0.2, 0.25) is 0 Å². The van der Waals surface area contributed by atoms with Crippen molar-refractivity contribution in [2.75, 3.05) is 11.3 Å². The number of thiophene rings is 1. The highest BCUT2D eigenvalue weighted by Gasteiger charge is 2.31. The highest BCUT2D eigenvalue weighted by molar-refractivity contribution is 7.93. The summed E-state index contributed by atoms with van der Waals surface area (Å²) in [4.78, 5) is 11.8. The van der Waals surface area contributed by atoms with Crippen LogP contribution in [0.25, 0.3) is 0 Å². The largest absolute Gasteiger partial charge is 0.573 e. The molecule has 2 rings (SSSR count). The molecule has 0 fully saturated rings. The highest BCUT2D eigenvalue weighted by Crippen LogP contribution is 2.30. The van der Waals surface area contributed by atoms with E-state index in [-0.39, 0.29) is 21.4 Å². The molecule has 11 heteroatoms. The van der Waals surface area contributed by atoms with Gasteiger partial charge in [0, 0.05) is 0 Å². The molecular weight excluding hydrogens is 395 g/mol. The lowest BCUT2D eigenvalue weighted by molar-refractivity contribution is -0.274. The Morgan fingerprint density at radius 3 is 2.38 bits per heavy atom. The Bertz CT molecular complexity index is 889. The molecule has 0 aliphatic rings. The quantitative estimate of drug-likeness (QED) is 0.731. The van der Waals surface area contributed by atoms with Gasteiger partial charge in [-0.15, -0.1) is 24.5 Å². The number of alkyl halides is 3. The molecule has 0 saturated heterocycles. The molecule has 1 heterocycles. The molecule has 0 unspecified atom stereocenters. The molecule has 0 amide bonds. The summed E-state index contributed by atoms with van der Waals surface area (Å²) < 4.78 is 71.9. The van der Waals surface area contributed by atoms with Gasteiger partial charge < -0.3 is 9.47 Å². The van der Waals surface area contributed by atoms with Crippen molar-refractivity contribution < 1.29 is 35.9 Å². The fraction of sp³-hybridized carbons (Fsp3) is 0.267. The molecule has 2 aromatic rings. The van der Waals surface area contributed by atoms with E-state index in [1.807, 2.05) is 0 Å². The number of aryl methyl sites for hydroxylation is 1. The number of nitrogens with one attached hydrogen (secondary N) is 1. The first kappa shape index (κ1) is 20.0. The minimum atomic E-state index is -4.86. The normalized spacial score (nSPS) is 11.9. The summed E-state index contributed by atoms with van der Waals surface area (Å²) in [6.45, 7) is 3.46. The third-order valence-electron chi connectivity index (χ3n) is 2.98. The van der Waals surface area contributed by atoms with Gasteiger partial charge in [-0.25, -0.2) is 13.2 Å². The first-order valence-corrected chi connectivity index (χ1v) is 9.48. The Balaban J connectivity index is 2.18. The number of ether oxygens (including phenoxy) is 2. The van der Waals surface area contributed by atoms with Crippen LogP contribution in [0.15, 0.2) is 35.2 Å². The minimum Gasteiger partial charge on any atom is -0.462 e. The van der Waals surface area contributed by atoms with E-state index in [1.54, 1.807) is 13.8 Å². The van der Waals surface area contributed by atoms with E-state index >= 15 is 0 Å². The van der Waals surface area contributed by atoms with Gasteiger partial charge in [-0.05, 0) is 49.7 Å². The molecule has 0 atom stereocenters. The van der Waals surface area contributed by atoms with Crippen LogP contribution in [-0.2, 0) is 14.8 Å². The van der Waals surface area contributed by atoms with Crippen molar-refractivity contribution in [2.24, 2.45) is 0 Å². The summed E-state index contributed by atoms with van der Waals surface area (Å²) in [5, 5.41) is 0.182. The minimum absolute atomic E-state index is 0.182. The molecule has 0 spiro atoms. The van der Waals surface area contributed by atoms with Crippen LogP contribution < -0.4 is 9.46 Å². The number of hydrogen-bond donors (Lipinski definition) is 1. The SMILES string of the molecule is CCOC(=O)c1sc(NS(=O)(=O)c2ccc(OC(F)(F)F)cc2)cc1C. The van der Waals surface area contributed by atoms with Crippen molar-refractivity contribution in [3.8, 4) is 5.75 Å². The van der Waals surface area contributed by atoms with Gasteiger partial charge in [0.05, 0.1) is 11.5 Å². The van der Waals surface area contributed by atoms with Gasteiger partial charge in [-0.1, -0.05) is 0 Å². The number of rotatable bonds is 6. The van der Waals surface area contributed by atoms with Gasteiger partial charge >= 0.3 is 12.3 Å². The lowest BCUT2D eigenvalue weighted by Gasteiger charge is -2.10. The second kappa shape index (κ2) is 7.54. The molecule has 0 bridgehead atoms. The smallest absolute Gasteiger partial charge is 0.462 e. The Hall–Kier alpha value is -2.27. The van der Waals surface area contributed by atoms with Crippen LogP contribution in [0.5, 0.6) is 5.75 Å². The molecule has 1 aromatic carbocycles. The fourth-order valence-corrected chi connectivity index (χ4v) is 4.19. The van der Waals surface area contributed by atoms with Crippen LogP contribution >= 0.6 is 11.3 Å². The van der Waals surface area contributed by atoms with Crippen LogP contribution in [0, 0.1) is 6.92 Å². The average molecular weight is 409 g/mol. The van der Waals surface area contributed by atoms with E-state index in [2.05, 4.69) is 9.46 Å². The molecule has 0 saturated carbocycles.